The Hall–Kier alpha value is -2.13. The lowest BCUT2D eigenvalue weighted by Gasteiger charge is -2.15. The minimum atomic E-state index is -0.250. The van der Waals surface area contributed by atoms with Gasteiger partial charge >= 0.3 is 5.69 Å². The minimum absolute atomic E-state index is 0.250. The number of hydrogen-bond donors (Lipinski definition) is 0. The zero-order valence-electron chi connectivity index (χ0n) is 14.3. The quantitative estimate of drug-likeness (QED) is 0.627. The van der Waals surface area contributed by atoms with Gasteiger partial charge < -0.3 is 0 Å². The van der Waals surface area contributed by atoms with E-state index in [1.165, 1.54) is 18.4 Å². The second-order valence-corrected chi connectivity index (χ2v) is 7.19. The molecule has 4 rings (SSSR count). The van der Waals surface area contributed by atoms with Gasteiger partial charge in [0.05, 0.1) is 21.9 Å². The molecule has 1 aromatic heterocycles. The highest BCUT2D eigenvalue weighted by atomic mass is 35.5. The lowest BCUT2D eigenvalue weighted by atomic mass is 10.0. The number of nitrogens with zero attached hydrogens (tertiary/aromatic N) is 2. The maximum atomic E-state index is 12.9. The maximum absolute atomic E-state index is 12.9. The monoisotopic (exact) mass is 352 g/mol. The summed E-state index contributed by atoms with van der Waals surface area (Å²) in [5.41, 5.74) is 3.57. The molecule has 0 amide bonds. The molecule has 1 saturated carbocycles. The van der Waals surface area contributed by atoms with Gasteiger partial charge in [-0.15, -0.1) is 0 Å². The van der Waals surface area contributed by atoms with Gasteiger partial charge in [0.25, 0.3) is 0 Å². The van der Waals surface area contributed by atoms with Crippen LogP contribution >= 0.6 is 11.6 Å². The molecule has 0 aliphatic heterocycles. The van der Waals surface area contributed by atoms with E-state index in [4.69, 9.17) is 11.6 Å². The molecule has 0 bridgehead atoms. The Kier molecular flexibility index (Phi) is 4.34. The Morgan fingerprint density at radius 2 is 2.00 bits per heavy atom. The van der Waals surface area contributed by atoms with Gasteiger partial charge in [-0.05, 0) is 55.4 Å². The van der Waals surface area contributed by atoms with E-state index in [0.29, 0.717) is 16.6 Å². The molecule has 25 heavy (non-hydrogen) atoms. The van der Waals surface area contributed by atoms with Crippen molar-refractivity contribution in [3.63, 3.8) is 0 Å². The summed E-state index contributed by atoms with van der Waals surface area (Å²) in [6, 6.07) is 13.9. The fourth-order valence-electron chi connectivity index (χ4n) is 3.38. The number of rotatable bonds is 5. The van der Waals surface area contributed by atoms with Gasteiger partial charge in [-0.1, -0.05) is 49.2 Å². The number of para-hydroxylation sites is 1. The van der Waals surface area contributed by atoms with Crippen LogP contribution in [0.2, 0.25) is 5.02 Å². The van der Waals surface area contributed by atoms with Crippen LogP contribution < -0.4 is 5.69 Å². The topological polar surface area (TPSA) is 34.9 Å². The minimum Gasteiger partial charge on any atom is -0.259 e. The van der Waals surface area contributed by atoms with Crippen LogP contribution in [0.25, 0.3) is 16.6 Å². The number of hydrogen-bond acceptors (Lipinski definition) is 2. The van der Waals surface area contributed by atoms with E-state index in [2.05, 4.69) is 30.1 Å². The van der Waals surface area contributed by atoms with Crippen molar-refractivity contribution in [1.82, 2.24) is 9.55 Å². The SMILES string of the molecule is CCCCc1nc(=O)n(-c2ccccc2Cl)c2cc(C3CC3)ccc12. The van der Waals surface area contributed by atoms with Crippen molar-refractivity contribution in [1.29, 1.82) is 0 Å². The molecule has 3 nitrogen and oxygen atoms in total. The fraction of sp³-hybridized carbons (Fsp3) is 0.333. The molecule has 1 aliphatic rings. The predicted molar refractivity (Wildman–Crippen MR) is 103 cm³/mol. The molecule has 0 unspecified atom stereocenters. The summed E-state index contributed by atoms with van der Waals surface area (Å²) in [4.78, 5) is 17.3. The first-order valence-electron chi connectivity index (χ1n) is 8.99. The van der Waals surface area contributed by atoms with E-state index >= 15 is 0 Å². The van der Waals surface area contributed by atoms with Gasteiger partial charge in [0.15, 0.2) is 0 Å². The highest BCUT2D eigenvalue weighted by molar-refractivity contribution is 6.32. The van der Waals surface area contributed by atoms with E-state index in [-0.39, 0.29) is 5.69 Å². The van der Waals surface area contributed by atoms with Crippen molar-refractivity contribution in [3.05, 3.63) is 69.2 Å². The van der Waals surface area contributed by atoms with Crippen LogP contribution in [0, 0.1) is 0 Å². The van der Waals surface area contributed by atoms with Crippen molar-refractivity contribution in [2.24, 2.45) is 0 Å². The summed E-state index contributed by atoms with van der Waals surface area (Å²) in [6.45, 7) is 2.15. The van der Waals surface area contributed by atoms with Crippen LogP contribution in [-0.4, -0.2) is 9.55 Å². The number of halogens is 1. The fourth-order valence-corrected chi connectivity index (χ4v) is 3.60. The van der Waals surface area contributed by atoms with Crippen LogP contribution in [0.15, 0.2) is 47.3 Å². The van der Waals surface area contributed by atoms with Gasteiger partial charge in [0.2, 0.25) is 0 Å². The zero-order valence-corrected chi connectivity index (χ0v) is 15.1. The average Bonchev–Trinajstić information content (AvgIpc) is 3.45. The number of unbranched alkanes of at least 4 members (excludes halogenated alkanes) is 1. The number of aromatic nitrogens is 2. The Morgan fingerprint density at radius 3 is 2.72 bits per heavy atom. The first-order chi connectivity index (χ1) is 12.2. The van der Waals surface area contributed by atoms with Gasteiger partial charge in [0, 0.05) is 5.39 Å². The van der Waals surface area contributed by atoms with Gasteiger partial charge in [-0.2, -0.15) is 4.98 Å². The zero-order chi connectivity index (χ0) is 17.4. The van der Waals surface area contributed by atoms with Crippen molar-refractivity contribution in [3.8, 4) is 5.69 Å². The lowest BCUT2D eigenvalue weighted by molar-refractivity contribution is 0.769. The first kappa shape index (κ1) is 16.3. The molecular weight excluding hydrogens is 332 g/mol. The molecule has 0 N–H and O–H groups in total. The predicted octanol–water partition coefficient (Wildman–Crippen LogP) is 5.26. The van der Waals surface area contributed by atoms with E-state index < -0.39 is 0 Å². The highest BCUT2D eigenvalue weighted by Gasteiger charge is 2.24. The Balaban J connectivity index is 2.00. The van der Waals surface area contributed by atoms with E-state index in [0.717, 1.165) is 35.9 Å². The summed E-state index contributed by atoms with van der Waals surface area (Å²) in [5, 5.41) is 1.61. The Labute approximate surface area is 152 Å². The molecule has 0 radical (unpaired) electrons. The molecule has 0 atom stereocenters. The standard InChI is InChI=1S/C21H21ClN2O/c1-2-3-7-18-16-12-11-15(14-9-10-14)13-20(16)24(21(25)23-18)19-8-5-4-6-17(19)22/h4-6,8,11-14H,2-3,7,9-10H2,1H3. The van der Waals surface area contributed by atoms with Crippen LogP contribution in [-0.2, 0) is 6.42 Å². The molecule has 2 aromatic carbocycles. The number of aryl methyl sites for hydroxylation is 1. The molecular formula is C21H21ClN2O. The van der Waals surface area contributed by atoms with Crippen molar-refractivity contribution in [2.45, 2.75) is 44.9 Å². The first-order valence-corrected chi connectivity index (χ1v) is 9.37. The summed E-state index contributed by atoms with van der Waals surface area (Å²) in [5.74, 6) is 0.631. The molecule has 0 spiro atoms. The smallest absolute Gasteiger partial charge is 0.259 e. The summed E-state index contributed by atoms with van der Waals surface area (Å²) in [7, 11) is 0. The third-order valence-electron chi connectivity index (χ3n) is 4.90. The van der Waals surface area contributed by atoms with Gasteiger partial charge in [-0.3, -0.25) is 4.57 Å². The normalized spacial score (nSPS) is 14.2. The summed E-state index contributed by atoms with van der Waals surface area (Å²) in [6.07, 6.45) is 5.40. The van der Waals surface area contributed by atoms with Gasteiger partial charge in [-0.25, -0.2) is 4.79 Å². The van der Waals surface area contributed by atoms with Crippen LogP contribution in [0.3, 0.4) is 0 Å². The molecule has 1 heterocycles. The van der Waals surface area contributed by atoms with Crippen LogP contribution in [0.4, 0.5) is 0 Å². The molecule has 1 aliphatic carbocycles. The van der Waals surface area contributed by atoms with E-state index in [1.54, 1.807) is 4.57 Å². The second-order valence-electron chi connectivity index (χ2n) is 6.78. The van der Waals surface area contributed by atoms with Crippen molar-refractivity contribution >= 4 is 22.5 Å². The largest absolute Gasteiger partial charge is 0.352 e. The maximum Gasteiger partial charge on any atom is 0.352 e. The average molecular weight is 353 g/mol. The number of benzene rings is 2. The molecule has 0 saturated heterocycles. The molecule has 4 heteroatoms. The van der Waals surface area contributed by atoms with Crippen LogP contribution in [0.1, 0.15) is 49.8 Å². The third-order valence-corrected chi connectivity index (χ3v) is 5.22. The molecule has 3 aromatic rings. The van der Waals surface area contributed by atoms with Gasteiger partial charge in [0.1, 0.15) is 0 Å². The van der Waals surface area contributed by atoms with E-state index in [9.17, 15) is 4.79 Å². The Morgan fingerprint density at radius 1 is 1.20 bits per heavy atom. The molecule has 1 fully saturated rings. The Bertz CT molecular complexity index is 989. The molecule has 128 valence electrons. The lowest BCUT2D eigenvalue weighted by Crippen LogP contribution is -2.24. The van der Waals surface area contributed by atoms with Crippen molar-refractivity contribution < 1.29 is 0 Å². The van der Waals surface area contributed by atoms with E-state index in [1.807, 2.05) is 24.3 Å². The van der Waals surface area contributed by atoms with Crippen LogP contribution in [0.5, 0.6) is 0 Å². The third kappa shape index (κ3) is 3.09. The second kappa shape index (κ2) is 6.64. The number of fused-ring (bicyclic) bond motifs is 1. The summed E-state index contributed by atoms with van der Waals surface area (Å²) >= 11 is 6.38. The van der Waals surface area contributed by atoms with Crippen molar-refractivity contribution in [2.75, 3.05) is 0 Å². The highest BCUT2D eigenvalue weighted by Crippen LogP contribution is 2.41. The summed E-state index contributed by atoms with van der Waals surface area (Å²) < 4.78 is 1.67.